The van der Waals surface area contributed by atoms with Gasteiger partial charge in [-0.1, -0.05) is 23.2 Å². The van der Waals surface area contributed by atoms with Gasteiger partial charge in [0.15, 0.2) is 0 Å². The Morgan fingerprint density at radius 2 is 1.69 bits per heavy atom. The normalized spacial score (nSPS) is 12.1. The van der Waals surface area contributed by atoms with Crippen molar-refractivity contribution in [1.29, 1.82) is 0 Å². The quantitative estimate of drug-likeness (QED) is 0.769. The highest BCUT2D eigenvalue weighted by Gasteiger charge is 2.25. The predicted octanol–water partition coefficient (Wildman–Crippen LogP) is 4.46. The molecule has 0 spiro atoms. The van der Waals surface area contributed by atoms with E-state index in [9.17, 15) is 17.6 Å². The molecule has 0 saturated heterocycles. The number of amides is 1. The Labute approximate surface area is 161 Å². The summed E-state index contributed by atoms with van der Waals surface area (Å²) in [5.74, 6) is -1.15. The van der Waals surface area contributed by atoms with E-state index in [2.05, 4.69) is 10.0 Å². The van der Waals surface area contributed by atoms with Crippen LogP contribution in [0, 0.1) is 5.82 Å². The lowest BCUT2D eigenvalue weighted by molar-refractivity contribution is 0.102. The van der Waals surface area contributed by atoms with E-state index in [1.807, 2.05) is 0 Å². The number of hydrogen-bond acceptors (Lipinski definition) is 3. The summed E-state index contributed by atoms with van der Waals surface area (Å²) in [6, 6.07) is 7.38. The summed E-state index contributed by atoms with van der Waals surface area (Å²) in [7, 11) is -3.93. The Kier molecular flexibility index (Phi) is 5.97. The van der Waals surface area contributed by atoms with Crippen LogP contribution in [0.2, 0.25) is 10.0 Å². The van der Waals surface area contributed by atoms with Crippen LogP contribution in [0.4, 0.5) is 10.1 Å². The first-order valence-electron chi connectivity index (χ1n) is 7.49. The Balaban J connectivity index is 2.35. The largest absolute Gasteiger partial charge is 0.321 e. The molecule has 0 saturated carbocycles. The van der Waals surface area contributed by atoms with Gasteiger partial charge in [-0.15, -0.1) is 0 Å². The molecular formula is C17H17Cl2FN2O3S. The third kappa shape index (κ3) is 5.17. The minimum absolute atomic E-state index is 0.0156. The topological polar surface area (TPSA) is 75.3 Å². The van der Waals surface area contributed by atoms with E-state index in [1.54, 1.807) is 20.8 Å². The summed E-state index contributed by atoms with van der Waals surface area (Å²) < 4.78 is 40.6. The van der Waals surface area contributed by atoms with E-state index in [0.29, 0.717) is 0 Å². The molecule has 0 unspecified atom stereocenters. The molecule has 0 aliphatic carbocycles. The first kappa shape index (κ1) is 20.6. The number of carbonyl (C=O) groups excluding carboxylic acids is 1. The highest BCUT2D eigenvalue weighted by molar-refractivity contribution is 7.89. The second-order valence-corrected chi connectivity index (χ2v) is 9.04. The van der Waals surface area contributed by atoms with Crippen molar-refractivity contribution in [1.82, 2.24) is 4.72 Å². The number of sulfonamides is 1. The van der Waals surface area contributed by atoms with Gasteiger partial charge in [0.1, 0.15) is 10.7 Å². The molecule has 26 heavy (non-hydrogen) atoms. The fourth-order valence-corrected chi connectivity index (χ4v) is 4.25. The van der Waals surface area contributed by atoms with Gasteiger partial charge in [-0.05, 0) is 57.2 Å². The maximum Gasteiger partial charge on any atom is 0.255 e. The van der Waals surface area contributed by atoms with E-state index in [4.69, 9.17) is 23.2 Å². The summed E-state index contributed by atoms with van der Waals surface area (Å²) in [5.41, 5.74) is -0.462. The van der Waals surface area contributed by atoms with Crippen LogP contribution >= 0.6 is 23.2 Å². The number of hydrogen-bond donors (Lipinski definition) is 2. The van der Waals surface area contributed by atoms with Crippen LogP contribution in [0.25, 0.3) is 0 Å². The Bertz CT molecular complexity index is 957. The number of halogens is 3. The zero-order chi connectivity index (χ0) is 19.7. The Morgan fingerprint density at radius 3 is 2.27 bits per heavy atom. The van der Waals surface area contributed by atoms with Crippen molar-refractivity contribution in [2.45, 2.75) is 31.2 Å². The van der Waals surface area contributed by atoms with Crippen LogP contribution in [0.1, 0.15) is 31.1 Å². The van der Waals surface area contributed by atoms with Crippen LogP contribution in [-0.4, -0.2) is 19.9 Å². The summed E-state index contributed by atoms with van der Waals surface area (Å²) in [5, 5.41) is 2.51. The van der Waals surface area contributed by atoms with E-state index >= 15 is 0 Å². The van der Waals surface area contributed by atoms with Gasteiger partial charge in [-0.3, -0.25) is 4.79 Å². The van der Waals surface area contributed by atoms with Gasteiger partial charge in [-0.2, -0.15) is 0 Å². The van der Waals surface area contributed by atoms with Crippen LogP contribution in [0.15, 0.2) is 41.3 Å². The molecule has 2 aromatic carbocycles. The molecule has 0 radical (unpaired) electrons. The molecule has 1 amide bonds. The van der Waals surface area contributed by atoms with Crippen molar-refractivity contribution in [3.05, 3.63) is 57.8 Å². The van der Waals surface area contributed by atoms with E-state index < -0.39 is 27.3 Å². The zero-order valence-electron chi connectivity index (χ0n) is 14.2. The van der Waals surface area contributed by atoms with E-state index in [0.717, 1.165) is 12.1 Å². The lowest BCUT2D eigenvalue weighted by Gasteiger charge is -2.21. The van der Waals surface area contributed by atoms with Crippen LogP contribution in [0.3, 0.4) is 0 Å². The molecule has 2 rings (SSSR count). The minimum atomic E-state index is -3.93. The number of nitrogens with one attached hydrogen (secondary N) is 2. The number of rotatable bonds is 4. The third-order valence-electron chi connectivity index (χ3n) is 3.10. The van der Waals surface area contributed by atoms with Crippen LogP contribution in [-0.2, 0) is 10.0 Å². The van der Waals surface area contributed by atoms with Gasteiger partial charge in [0.25, 0.3) is 5.91 Å². The second-order valence-electron chi connectivity index (χ2n) is 6.58. The van der Waals surface area contributed by atoms with Crippen molar-refractivity contribution in [2.75, 3.05) is 5.32 Å². The second kappa shape index (κ2) is 7.52. The SMILES string of the molecule is CC(C)(C)NS(=O)(=O)c1cc(C(=O)Nc2ccc(F)cc2Cl)ccc1Cl. The number of benzene rings is 2. The average molecular weight is 419 g/mol. The summed E-state index contributed by atoms with van der Waals surface area (Å²) in [6.07, 6.45) is 0. The number of anilines is 1. The molecule has 0 aromatic heterocycles. The van der Waals surface area contributed by atoms with Gasteiger partial charge in [-0.25, -0.2) is 17.5 Å². The Morgan fingerprint density at radius 1 is 1.04 bits per heavy atom. The van der Waals surface area contributed by atoms with Crippen molar-refractivity contribution in [2.24, 2.45) is 0 Å². The molecule has 5 nitrogen and oxygen atoms in total. The van der Waals surface area contributed by atoms with Gasteiger partial charge in [0.2, 0.25) is 10.0 Å². The minimum Gasteiger partial charge on any atom is -0.321 e. The molecule has 140 valence electrons. The van der Waals surface area contributed by atoms with E-state index in [-0.39, 0.29) is 26.2 Å². The van der Waals surface area contributed by atoms with Crippen LogP contribution < -0.4 is 10.0 Å². The summed E-state index contributed by atoms with van der Waals surface area (Å²) in [6.45, 7) is 5.06. The fraction of sp³-hybridized carbons (Fsp3) is 0.235. The van der Waals surface area contributed by atoms with E-state index in [1.165, 1.54) is 24.3 Å². The molecule has 9 heteroatoms. The maximum absolute atomic E-state index is 13.1. The third-order valence-corrected chi connectivity index (χ3v) is 5.66. The first-order valence-corrected chi connectivity index (χ1v) is 9.73. The summed E-state index contributed by atoms with van der Waals surface area (Å²) >= 11 is 11.9. The first-order chi connectivity index (χ1) is 11.9. The molecule has 0 atom stereocenters. The molecule has 0 bridgehead atoms. The lowest BCUT2D eigenvalue weighted by Crippen LogP contribution is -2.40. The standard InChI is InChI=1S/C17H17Cl2FN2O3S/c1-17(2,3)22-26(24,25)15-8-10(4-6-12(15)18)16(23)21-14-7-5-11(20)9-13(14)19/h4-9,22H,1-3H3,(H,21,23). The van der Waals surface area contributed by atoms with Gasteiger partial charge in [0, 0.05) is 11.1 Å². The van der Waals surface area contributed by atoms with Crippen molar-refractivity contribution >= 4 is 44.8 Å². The van der Waals surface area contributed by atoms with Crippen molar-refractivity contribution in [3.63, 3.8) is 0 Å². The lowest BCUT2D eigenvalue weighted by atomic mass is 10.1. The fourth-order valence-electron chi connectivity index (χ4n) is 2.09. The van der Waals surface area contributed by atoms with Crippen LogP contribution in [0.5, 0.6) is 0 Å². The summed E-state index contributed by atoms with van der Waals surface area (Å²) in [4.78, 5) is 12.2. The Hall–Kier alpha value is -1.67. The van der Waals surface area contributed by atoms with Gasteiger partial charge >= 0.3 is 0 Å². The molecule has 2 N–H and O–H groups in total. The number of carbonyl (C=O) groups is 1. The average Bonchev–Trinajstić information content (AvgIpc) is 2.47. The molecule has 2 aromatic rings. The van der Waals surface area contributed by atoms with Gasteiger partial charge < -0.3 is 5.32 Å². The van der Waals surface area contributed by atoms with Crippen molar-refractivity contribution in [3.8, 4) is 0 Å². The van der Waals surface area contributed by atoms with Gasteiger partial charge in [0.05, 0.1) is 15.7 Å². The predicted molar refractivity (Wildman–Crippen MR) is 101 cm³/mol. The van der Waals surface area contributed by atoms with Crippen molar-refractivity contribution < 1.29 is 17.6 Å². The highest BCUT2D eigenvalue weighted by atomic mass is 35.5. The molecule has 0 heterocycles. The molecule has 0 aliphatic rings. The smallest absolute Gasteiger partial charge is 0.255 e. The molecule has 0 fully saturated rings. The highest BCUT2D eigenvalue weighted by Crippen LogP contribution is 2.26. The monoisotopic (exact) mass is 418 g/mol. The maximum atomic E-state index is 13.1. The zero-order valence-corrected chi connectivity index (χ0v) is 16.6. The molecule has 0 aliphatic heterocycles. The molecular weight excluding hydrogens is 402 g/mol.